The van der Waals surface area contributed by atoms with Gasteiger partial charge >= 0.3 is 0 Å². The first-order valence-corrected chi connectivity index (χ1v) is 4.14. The third-order valence-corrected chi connectivity index (χ3v) is 1.98. The minimum absolute atomic E-state index is 0. The predicted molar refractivity (Wildman–Crippen MR) is 50.6 cm³/mol. The van der Waals surface area contributed by atoms with Gasteiger partial charge in [0.2, 0.25) is 0 Å². The number of hydrogen-bond acceptors (Lipinski definition) is 1. The number of rotatable bonds is 2. The molecule has 0 bridgehead atoms. The van der Waals surface area contributed by atoms with E-state index in [1.807, 2.05) is 24.3 Å². The van der Waals surface area contributed by atoms with Crippen LogP contribution in [0.15, 0.2) is 24.3 Å². The smallest absolute Gasteiger partial charge is 0.0477 e. The van der Waals surface area contributed by atoms with E-state index in [4.69, 9.17) is 23.2 Å². The Morgan fingerprint density at radius 1 is 0.909 bits per heavy atom. The minimum atomic E-state index is 0. The minimum Gasteiger partial charge on any atom is -0.344 e. The Hall–Kier alpha value is -0.240. The lowest BCUT2D eigenvalue weighted by Gasteiger charge is -2.00. The molecule has 1 aromatic carbocycles. The Balaban J connectivity index is 0.000001000. The zero-order chi connectivity index (χ0) is 7.40. The highest BCUT2D eigenvalue weighted by Crippen LogP contribution is 2.12. The van der Waals surface area contributed by atoms with Crippen LogP contribution in [0.25, 0.3) is 0 Å². The monoisotopic (exact) mass is 191 g/mol. The fraction of sp³-hybridized carbons (Fsp3) is 0.250. The van der Waals surface area contributed by atoms with E-state index in [2.05, 4.69) is 0 Å². The normalized spacial score (nSPS) is 8.91. The SMILES string of the molecule is ClCc1ccccc1CCl.N. The molecule has 1 rings (SSSR count). The van der Waals surface area contributed by atoms with Crippen LogP contribution >= 0.6 is 23.2 Å². The summed E-state index contributed by atoms with van der Waals surface area (Å²) in [7, 11) is 0. The lowest BCUT2D eigenvalue weighted by Crippen LogP contribution is -1.85. The summed E-state index contributed by atoms with van der Waals surface area (Å²) < 4.78 is 0. The first-order chi connectivity index (χ1) is 4.88. The molecule has 1 nitrogen and oxygen atoms in total. The third-order valence-electron chi connectivity index (χ3n) is 1.41. The number of hydrogen-bond donors (Lipinski definition) is 1. The molecule has 1 aromatic rings. The molecule has 0 aliphatic heterocycles. The van der Waals surface area contributed by atoms with Gasteiger partial charge in [-0.25, -0.2) is 0 Å². The van der Waals surface area contributed by atoms with Gasteiger partial charge in [0.05, 0.1) is 0 Å². The summed E-state index contributed by atoms with van der Waals surface area (Å²) in [5.74, 6) is 1.09. The van der Waals surface area contributed by atoms with Gasteiger partial charge in [0.15, 0.2) is 0 Å². The summed E-state index contributed by atoms with van der Waals surface area (Å²) in [6.07, 6.45) is 0. The van der Waals surface area contributed by atoms with Crippen LogP contribution in [0.2, 0.25) is 0 Å². The molecule has 3 N–H and O–H groups in total. The van der Waals surface area contributed by atoms with Crippen LogP contribution in [-0.4, -0.2) is 0 Å². The topological polar surface area (TPSA) is 35.0 Å². The van der Waals surface area contributed by atoms with Crippen molar-refractivity contribution >= 4 is 23.2 Å². The van der Waals surface area contributed by atoms with E-state index in [0.29, 0.717) is 11.8 Å². The molecule has 0 atom stereocenters. The van der Waals surface area contributed by atoms with E-state index in [0.717, 1.165) is 11.1 Å². The van der Waals surface area contributed by atoms with E-state index >= 15 is 0 Å². The van der Waals surface area contributed by atoms with Crippen molar-refractivity contribution in [1.29, 1.82) is 0 Å². The van der Waals surface area contributed by atoms with Crippen molar-refractivity contribution in [2.24, 2.45) is 0 Å². The van der Waals surface area contributed by atoms with Crippen molar-refractivity contribution in [3.63, 3.8) is 0 Å². The second-order valence-corrected chi connectivity index (χ2v) is 2.57. The Morgan fingerprint density at radius 2 is 1.27 bits per heavy atom. The summed E-state index contributed by atoms with van der Waals surface area (Å²) >= 11 is 11.3. The molecule has 0 aliphatic rings. The molecule has 0 aliphatic carbocycles. The molecular formula is C8H11Cl2N. The molecule has 0 aromatic heterocycles. The summed E-state index contributed by atoms with van der Waals surface area (Å²) in [5.41, 5.74) is 2.25. The van der Waals surface area contributed by atoms with Crippen LogP contribution in [0.1, 0.15) is 11.1 Å². The van der Waals surface area contributed by atoms with Gasteiger partial charge in [-0.2, -0.15) is 0 Å². The first-order valence-electron chi connectivity index (χ1n) is 3.07. The molecule has 0 saturated heterocycles. The highest BCUT2D eigenvalue weighted by Gasteiger charge is 1.96. The number of benzene rings is 1. The maximum atomic E-state index is 5.65. The van der Waals surface area contributed by atoms with Gasteiger partial charge in [-0.1, -0.05) is 24.3 Å². The fourth-order valence-electron chi connectivity index (χ4n) is 0.818. The van der Waals surface area contributed by atoms with Gasteiger partial charge in [0.1, 0.15) is 0 Å². The largest absolute Gasteiger partial charge is 0.344 e. The molecule has 0 saturated carbocycles. The van der Waals surface area contributed by atoms with Crippen LogP contribution in [0.4, 0.5) is 0 Å². The Labute approximate surface area is 76.9 Å². The first kappa shape index (κ1) is 10.8. The molecule has 62 valence electrons. The lowest BCUT2D eigenvalue weighted by molar-refractivity contribution is 1.27. The molecular weight excluding hydrogens is 181 g/mol. The second kappa shape index (κ2) is 5.42. The van der Waals surface area contributed by atoms with Crippen molar-refractivity contribution in [1.82, 2.24) is 6.15 Å². The van der Waals surface area contributed by atoms with Crippen molar-refractivity contribution in [2.75, 3.05) is 0 Å². The molecule has 11 heavy (non-hydrogen) atoms. The van der Waals surface area contributed by atoms with Crippen molar-refractivity contribution in [3.8, 4) is 0 Å². The van der Waals surface area contributed by atoms with Gasteiger partial charge in [-0.15, -0.1) is 23.2 Å². The Kier molecular flexibility index (Phi) is 5.30. The predicted octanol–water partition coefficient (Wildman–Crippen LogP) is 3.33. The summed E-state index contributed by atoms with van der Waals surface area (Å²) in [6, 6.07) is 7.91. The summed E-state index contributed by atoms with van der Waals surface area (Å²) in [5, 5.41) is 0. The van der Waals surface area contributed by atoms with Crippen LogP contribution in [0.5, 0.6) is 0 Å². The summed E-state index contributed by atoms with van der Waals surface area (Å²) in [4.78, 5) is 0. The highest BCUT2D eigenvalue weighted by atomic mass is 35.5. The van der Waals surface area contributed by atoms with E-state index in [1.54, 1.807) is 0 Å². The highest BCUT2D eigenvalue weighted by molar-refractivity contribution is 6.18. The maximum absolute atomic E-state index is 5.65. The average Bonchev–Trinajstić information content (AvgIpc) is 2.04. The van der Waals surface area contributed by atoms with Crippen molar-refractivity contribution < 1.29 is 0 Å². The lowest BCUT2D eigenvalue weighted by atomic mass is 10.1. The Bertz CT molecular complexity index is 190. The van der Waals surface area contributed by atoms with Crippen molar-refractivity contribution in [3.05, 3.63) is 35.4 Å². The van der Waals surface area contributed by atoms with Crippen LogP contribution < -0.4 is 6.15 Å². The molecule has 0 radical (unpaired) electrons. The van der Waals surface area contributed by atoms with Gasteiger partial charge in [-0.05, 0) is 11.1 Å². The molecule has 3 heteroatoms. The van der Waals surface area contributed by atoms with Gasteiger partial charge in [0.25, 0.3) is 0 Å². The fourth-order valence-corrected chi connectivity index (χ4v) is 1.34. The van der Waals surface area contributed by atoms with Gasteiger partial charge in [-0.3, -0.25) is 0 Å². The molecule has 0 fully saturated rings. The number of alkyl halides is 2. The van der Waals surface area contributed by atoms with E-state index in [1.165, 1.54) is 0 Å². The van der Waals surface area contributed by atoms with Crippen molar-refractivity contribution in [2.45, 2.75) is 11.8 Å². The van der Waals surface area contributed by atoms with Crippen LogP contribution in [0.3, 0.4) is 0 Å². The quantitative estimate of drug-likeness (QED) is 0.716. The van der Waals surface area contributed by atoms with Gasteiger partial charge in [0, 0.05) is 11.8 Å². The molecule has 0 heterocycles. The van der Waals surface area contributed by atoms with E-state index < -0.39 is 0 Å². The molecule has 0 spiro atoms. The average molecular weight is 192 g/mol. The zero-order valence-corrected chi connectivity index (χ0v) is 7.70. The maximum Gasteiger partial charge on any atom is 0.0477 e. The van der Waals surface area contributed by atoms with Crippen LogP contribution in [-0.2, 0) is 11.8 Å². The Morgan fingerprint density at radius 3 is 1.55 bits per heavy atom. The standard InChI is InChI=1S/C8H8Cl2.H3N/c9-5-7-3-1-2-4-8(7)6-10;/h1-4H,5-6H2;1H3. The number of halogens is 2. The van der Waals surface area contributed by atoms with E-state index in [9.17, 15) is 0 Å². The summed E-state index contributed by atoms with van der Waals surface area (Å²) in [6.45, 7) is 0. The third kappa shape index (κ3) is 2.70. The second-order valence-electron chi connectivity index (χ2n) is 2.04. The zero-order valence-electron chi connectivity index (χ0n) is 6.19. The van der Waals surface area contributed by atoms with Gasteiger partial charge < -0.3 is 6.15 Å². The molecule has 0 unspecified atom stereocenters. The molecule has 0 amide bonds. The van der Waals surface area contributed by atoms with E-state index in [-0.39, 0.29) is 6.15 Å². The van der Waals surface area contributed by atoms with Crippen LogP contribution in [0, 0.1) is 0 Å².